The highest BCUT2D eigenvalue weighted by atomic mass is 32.1. The van der Waals surface area contributed by atoms with Gasteiger partial charge in [0.15, 0.2) is 0 Å². The van der Waals surface area contributed by atoms with E-state index in [1.54, 1.807) is 23.5 Å². The van der Waals surface area contributed by atoms with Gasteiger partial charge in [-0.1, -0.05) is 6.07 Å². The number of hydrogen-bond donors (Lipinski definition) is 1. The lowest BCUT2D eigenvalue weighted by Crippen LogP contribution is -2.51. The third-order valence-corrected chi connectivity index (χ3v) is 5.41. The number of benzene rings is 1. The van der Waals surface area contributed by atoms with Crippen molar-refractivity contribution < 1.29 is 13.9 Å². The number of ether oxygens (including phenoxy) is 1. The van der Waals surface area contributed by atoms with Crippen LogP contribution in [0.4, 0.5) is 9.18 Å². The van der Waals surface area contributed by atoms with Crippen LogP contribution in [0.15, 0.2) is 41.8 Å². The number of halogens is 1. The van der Waals surface area contributed by atoms with Gasteiger partial charge < -0.3 is 15.0 Å². The van der Waals surface area contributed by atoms with Gasteiger partial charge in [-0.05, 0) is 48.6 Å². The normalized spacial score (nSPS) is 14.9. The fourth-order valence-electron chi connectivity index (χ4n) is 2.99. The summed E-state index contributed by atoms with van der Waals surface area (Å²) in [5.74, 6) is 0.401. The Morgan fingerprint density at radius 3 is 2.59 bits per heavy atom. The molecule has 3 rings (SSSR count). The van der Waals surface area contributed by atoms with E-state index in [0.29, 0.717) is 18.9 Å². The van der Waals surface area contributed by atoms with Gasteiger partial charge in [0.05, 0.1) is 6.61 Å². The van der Waals surface area contributed by atoms with E-state index in [2.05, 4.69) is 27.7 Å². The second kappa shape index (κ2) is 10.3. The molecule has 1 saturated heterocycles. The molecule has 0 atom stereocenters. The summed E-state index contributed by atoms with van der Waals surface area (Å²) in [7, 11) is 0. The molecule has 0 bridgehead atoms. The minimum Gasteiger partial charge on any atom is -0.494 e. The minimum absolute atomic E-state index is 0.0187. The molecule has 2 aromatic rings. The fourth-order valence-corrected chi connectivity index (χ4v) is 3.73. The highest BCUT2D eigenvalue weighted by molar-refractivity contribution is 7.09. The Bertz CT molecular complexity index is 686. The van der Waals surface area contributed by atoms with Crippen LogP contribution in [0.3, 0.4) is 0 Å². The van der Waals surface area contributed by atoms with E-state index < -0.39 is 0 Å². The molecule has 2 heterocycles. The van der Waals surface area contributed by atoms with Crippen LogP contribution in [0.1, 0.15) is 17.7 Å². The second-order valence-corrected chi connectivity index (χ2v) is 7.62. The maximum atomic E-state index is 12.8. The highest BCUT2D eigenvalue weighted by Crippen LogP contribution is 2.14. The van der Waals surface area contributed by atoms with Crippen molar-refractivity contribution in [2.45, 2.75) is 19.4 Å². The van der Waals surface area contributed by atoms with Crippen molar-refractivity contribution in [3.8, 4) is 5.75 Å². The van der Waals surface area contributed by atoms with Gasteiger partial charge >= 0.3 is 6.03 Å². The Kier molecular flexibility index (Phi) is 7.47. The summed E-state index contributed by atoms with van der Waals surface area (Å²) in [5.41, 5.74) is 0. The summed E-state index contributed by atoms with van der Waals surface area (Å²) in [6.45, 7) is 5.54. The number of thiophene rings is 1. The number of rotatable bonds is 8. The van der Waals surface area contributed by atoms with Gasteiger partial charge in [-0.25, -0.2) is 9.18 Å². The molecular formula is C20H26FN3O2S. The van der Waals surface area contributed by atoms with Crippen molar-refractivity contribution in [2.75, 3.05) is 39.3 Å². The first-order valence-electron chi connectivity index (χ1n) is 9.36. The molecule has 1 aliphatic rings. The van der Waals surface area contributed by atoms with Gasteiger partial charge in [-0.3, -0.25) is 4.90 Å². The summed E-state index contributed by atoms with van der Waals surface area (Å²) < 4.78 is 18.4. The first-order chi connectivity index (χ1) is 13.2. The molecule has 0 unspecified atom stereocenters. The van der Waals surface area contributed by atoms with Gasteiger partial charge in [0.25, 0.3) is 0 Å². The summed E-state index contributed by atoms with van der Waals surface area (Å²) in [6, 6.07) is 10.3. The summed E-state index contributed by atoms with van der Waals surface area (Å²) >= 11 is 1.78. The van der Waals surface area contributed by atoms with E-state index in [4.69, 9.17) is 4.74 Å². The van der Waals surface area contributed by atoms with Crippen LogP contribution in [0.5, 0.6) is 5.75 Å². The molecule has 0 aliphatic carbocycles. The quantitative estimate of drug-likeness (QED) is 0.700. The van der Waals surface area contributed by atoms with Crippen LogP contribution in [-0.4, -0.2) is 55.2 Å². The molecule has 2 amide bonds. The average molecular weight is 392 g/mol. The monoisotopic (exact) mass is 391 g/mol. The Balaban J connectivity index is 1.24. The van der Waals surface area contributed by atoms with Gasteiger partial charge in [0, 0.05) is 44.1 Å². The van der Waals surface area contributed by atoms with Gasteiger partial charge in [-0.2, -0.15) is 0 Å². The number of hydrogen-bond acceptors (Lipinski definition) is 4. The Morgan fingerprint density at radius 1 is 1.11 bits per heavy atom. The number of urea groups is 1. The number of amides is 2. The molecule has 0 saturated carbocycles. The van der Waals surface area contributed by atoms with Gasteiger partial charge in [0.1, 0.15) is 11.6 Å². The molecule has 1 aliphatic heterocycles. The van der Waals surface area contributed by atoms with Crippen LogP contribution in [0, 0.1) is 5.82 Å². The number of unbranched alkanes of at least 4 members (excludes halogenated alkanes) is 1. The zero-order chi connectivity index (χ0) is 18.9. The Morgan fingerprint density at radius 2 is 1.89 bits per heavy atom. The fraction of sp³-hybridized carbons (Fsp3) is 0.450. The number of piperazine rings is 1. The molecule has 1 fully saturated rings. The largest absolute Gasteiger partial charge is 0.494 e. The first-order valence-corrected chi connectivity index (χ1v) is 10.2. The lowest BCUT2D eigenvalue weighted by molar-refractivity contribution is 0.136. The molecule has 0 radical (unpaired) electrons. The predicted molar refractivity (Wildman–Crippen MR) is 106 cm³/mol. The smallest absolute Gasteiger partial charge is 0.317 e. The van der Waals surface area contributed by atoms with Crippen molar-refractivity contribution in [1.29, 1.82) is 0 Å². The molecule has 5 nitrogen and oxygen atoms in total. The number of carbonyl (C=O) groups is 1. The first kappa shape index (κ1) is 19.6. The zero-order valence-corrected chi connectivity index (χ0v) is 16.2. The van der Waals surface area contributed by atoms with Gasteiger partial charge in [-0.15, -0.1) is 11.3 Å². The van der Waals surface area contributed by atoms with Gasteiger partial charge in [0.2, 0.25) is 0 Å². The van der Waals surface area contributed by atoms with E-state index in [9.17, 15) is 9.18 Å². The topological polar surface area (TPSA) is 44.8 Å². The molecule has 1 N–H and O–H groups in total. The van der Waals surface area contributed by atoms with E-state index in [-0.39, 0.29) is 11.8 Å². The molecule has 27 heavy (non-hydrogen) atoms. The molecule has 1 aromatic carbocycles. The Labute approximate surface area is 163 Å². The van der Waals surface area contributed by atoms with Crippen molar-refractivity contribution in [3.05, 3.63) is 52.5 Å². The summed E-state index contributed by atoms with van der Waals surface area (Å²) in [5, 5.41) is 5.09. The molecule has 146 valence electrons. The summed E-state index contributed by atoms with van der Waals surface area (Å²) in [4.78, 5) is 17.9. The number of nitrogens with one attached hydrogen (secondary N) is 1. The standard InChI is InChI=1S/C20H26FN3O2S/c21-17-5-7-18(8-6-17)26-14-2-1-9-22-20(25)24-12-10-23(11-13-24)16-19-4-3-15-27-19/h3-8,15H,1-2,9-14,16H2,(H,22,25). The zero-order valence-electron chi connectivity index (χ0n) is 15.4. The van der Waals surface area contributed by atoms with E-state index >= 15 is 0 Å². The minimum atomic E-state index is -0.266. The highest BCUT2D eigenvalue weighted by Gasteiger charge is 2.20. The van der Waals surface area contributed by atoms with Crippen LogP contribution >= 0.6 is 11.3 Å². The van der Waals surface area contributed by atoms with E-state index in [1.165, 1.54) is 17.0 Å². The Hall–Kier alpha value is -2.12. The van der Waals surface area contributed by atoms with Crippen molar-refractivity contribution >= 4 is 17.4 Å². The third kappa shape index (κ3) is 6.52. The van der Waals surface area contributed by atoms with Crippen LogP contribution in [-0.2, 0) is 6.54 Å². The third-order valence-electron chi connectivity index (χ3n) is 4.55. The average Bonchev–Trinajstić information content (AvgIpc) is 3.19. The maximum absolute atomic E-state index is 12.8. The van der Waals surface area contributed by atoms with E-state index in [1.807, 2.05) is 4.90 Å². The number of carbonyl (C=O) groups excluding carboxylic acids is 1. The maximum Gasteiger partial charge on any atom is 0.317 e. The molecule has 0 spiro atoms. The lowest BCUT2D eigenvalue weighted by Gasteiger charge is -2.34. The van der Waals surface area contributed by atoms with Crippen molar-refractivity contribution in [2.24, 2.45) is 0 Å². The molecule has 1 aromatic heterocycles. The van der Waals surface area contributed by atoms with Crippen LogP contribution < -0.4 is 10.1 Å². The van der Waals surface area contributed by atoms with Crippen LogP contribution in [0.2, 0.25) is 0 Å². The number of nitrogens with zero attached hydrogens (tertiary/aromatic N) is 2. The predicted octanol–water partition coefficient (Wildman–Crippen LogP) is 3.57. The van der Waals surface area contributed by atoms with E-state index in [0.717, 1.165) is 45.6 Å². The van der Waals surface area contributed by atoms with Crippen molar-refractivity contribution in [3.63, 3.8) is 0 Å². The van der Waals surface area contributed by atoms with Crippen molar-refractivity contribution in [1.82, 2.24) is 15.1 Å². The lowest BCUT2D eigenvalue weighted by atomic mass is 10.3. The second-order valence-electron chi connectivity index (χ2n) is 6.58. The molecule has 7 heteroatoms. The SMILES string of the molecule is O=C(NCCCCOc1ccc(F)cc1)N1CCN(Cc2cccs2)CC1. The summed E-state index contributed by atoms with van der Waals surface area (Å²) in [6.07, 6.45) is 1.69. The van der Waals surface area contributed by atoms with Crippen LogP contribution in [0.25, 0.3) is 0 Å². The molecular weight excluding hydrogens is 365 g/mol.